The minimum atomic E-state index is -0.0996. The van der Waals surface area contributed by atoms with Gasteiger partial charge in [0.15, 0.2) is 0 Å². The first-order valence-corrected chi connectivity index (χ1v) is 8.24. The molecule has 1 saturated heterocycles. The van der Waals surface area contributed by atoms with E-state index in [1.807, 2.05) is 17.5 Å². The van der Waals surface area contributed by atoms with Crippen molar-refractivity contribution in [3.8, 4) is 11.8 Å². The predicted molar refractivity (Wildman–Crippen MR) is 87.1 cm³/mol. The van der Waals surface area contributed by atoms with Crippen LogP contribution in [0.25, 0.3) is 0 Å². The van der Waals surface area contributed by atoms with E-state index in [4.69, 9.17) is 9.47 Å². The monoisotopic (exact) mass is 334 g/mol. The van der Waals surface area contributed by atoms with Gasteiger partial charge in [0, 0.05) is 6.54 Å². The number of anilines is 1. The SMILES string of the molecule is COc1cncc(OC2CCCN(C(=O)Nc3cccs3)C2)n1. The fraction of sp³-hybridized carbons (Fsp3) is 0.400. The van der Waals surface area contributed by atoms with Crippen molar-refractivity contribution in [2.45, 2.75) is 18.9 Å². The third-order valence-corrected chi connectivity index (χ3v) is 4.29. The van der Waals surface area contributed by atoms with E-state index in [2.05, 4.69) is 15.3 Å². The highest BCUT2D eigenvalue weighted by molar-refractivity contribution is 7.14. The van der Waals surface area contributed by atoms with Gasteiger partial charge in [0.25, 0.3) is 0 Å². The van der Waals surface area contributed by atoms with Crippen molar-refractivity contribution in [2.24, 2.45) is 0 Å². The van der Waals surface area contributed by atoms with E-state index in [0.29, 0.717) is 18.3 Å². The summed E-state index contributed by atoms with van der Waals surface area (Å²) in [6.45, 7) is 1.25. The van der Waals surface area contributed by atoms with Gasteiger partial charge in [-0.15, -0.1) is 11.3 Å². The number of amides is 2. The average Bonchev–Trinajstić information content (AvgIpc) is 3.08. The Labute approximate surface area is 138 Å². The highest BCUT2D eigenvalue weighted by Crippen LogP contribution is 2.20. The maximum absolute atomic E-state index is 12.3. The molecular weight excluding hydrogens is 316 g/mol. The molecule has 23 heavy (non-hydrogen) atoms. The molecule has 0 radical (unpaired) electrons. The molecule has 1 atom stereocenters. The van der Waals surface area contributed by atoms with Gasteiger partial charge < -0.3 is 14.4 Å². The van der Waals surface area contributed by atoms with Gasteiger partial charge in [0.1, 0.15) is 6.10 Å². The lowest BCUT2D eigenvalue weighted by atomic mass is 10.1. The fourth-order valence-corrected chi connectivity index (χ4v) is 3.02. The van der Waals surface area contributed by atoms with E-state index in [-0.39, 0.29) is 12.1 Å². The number of carbonyl (C=O) groups is 1. The maximum atomic E-state index is 12.3. The Bertz CT molecular complexity index is 650. The molecule has 3 heterocycles. The number of thiophene rings is 1. The summed E-state index contributed by atoms with van der Waals surface area (Å²) in [4.78, 5) is 22.3. The van der Waals surface area contributed by atoms with Crippen LogP contribution in [-0.2, 0) is 0 Å². The maximum Gasteiger partial charge on any atom is 0.322 e. The molecule has 122 valence electrons. The van der Waals surface area contributed by atoms with Gasteiger partial charge in [-0.1, -0.05) is 0 Å². The molecule has 0 aliphatic carbocycles. The molecule has 3 rings (SSSR count). The normalized spacial score (nSPS) is 17.6. The lowest BCUT2D eigenvalue weighted by Gasteiger charge is -2.32. The van der Waals surface area contributed by atoms with E-state index >= 15 is 0 Å². The standard InChI is InChI=1S/C15H18N4O3S/c1-21-12-8-16-9-13(17-12)22-11-4-2-6-19(10-11)15(20)18-14-5-3-7-23-14/h3,5,7-9,11H,2,4,6,10H2,1H3,(H,18,20). The molecule has 1 aliphatic rings. The number of methoxy groups -OCH3 is 1. The molecule has 1 aliphatic heterocycles. The topological polar surface area (TPSA) is 76.6 Å². The quantitative estimate of drug-likeness (QED) is 0.930. The molecule has 0 bridgehead atoms. The van der Waals surface area contributed by atoms with Crippen LogP contribution < -0.4 is 14.8 Å². The van der Waals surface area contributed by atoms with Crippen molar-refractivity contribution in [1.82, 2.24) is 14.9 Å². The number of rotatable bonds is 4. The van der Waals surface area contributed by atoms with Gasteiger partial charge in [0.05, 0.1) is 31.0 Å². The summed E-state index contributed by atoms with van der Waals surface area (Å²) in [6, 6.07) is 3.69. The number of nitrogens with zero attached hydrogens (tertiary/aromatic N) is 3. The summed E-state index contributed by atoms with van der Waals surface area (Å²) >= 11 is 1.50. The molecule has 2 amide bonds. The number of likely N-dealkylation sites (tertiary alicyclic amines) is 1. The molecule has 1 fully saturated rings. The van der Waals surface area contributed by atoms with Crippen LogP contribution in [0.15, 0.2) is 29.9 Å². The molecule has 2 aromatic rings. The molecule has 0 spiro atoms. The van der Waals surface area contributed by atoms with E-state index < -0.39 is 0 Å². The third kappa shape index (κ3) is 4.10. The Morgan fingerprint density at radius 3 is 3.09 bits per heavy atom. The first-order chi connectivity index (χ1) is 11.2. The first kappa shape index (κ1) is 15.5. The smallest absolute Gasteiger partial charge is 0.322 e. The lowest BCUT2D eigenvalue weighted by molar-refractivity contribution is 0.101. The second-order valence-electron chi connectivity index (χ2n) is 5.14. The fourth-order valence-electron chi connectivity index (χ4n) is 2.41. The molecule has 2 aromatic heterocycles. The average molecular weight is 334 g/mol. The van der Waals surface area contributed by atoms with Crippen molar-refractivity contribution in [2.75, 3.05) is 25.5 Å². The van der Waals surface area contributed by atoms with Crippen molar-refractivity contribution >= 4 is 22.4 Å². The van der Waals surface area contributed by atoms with Gasteiger partial charge >= 0.3 is 6.03 Å². The molecule has 1 unspecified atom stereocenters. The zero-order valence-electron chi connectivity index (χ0n) is 12.8. The van der Waals surface area contributed by atoms with Gasteiger partial charge in [-0.3, -0.25) is 10.3 Å². The van der Waals surface area contributed by atoms with Crippen LogP contribution >= 0.6 is 11.3 Å². The minimum Gasteiger partial charge on any atom is -0.480 e. The molecule has 1 N–H and O–H groups in total. The zero-order valence-corrected chi connectivity index (χ0v) is 13.6. The molecule has 0 aromatic carbocycles. The van der Waals surface area contributed by atoms with E-state index in [1.165, 1.54) is 24.6 Å². The number of ether oxygens (including phenoxy) is 2. The molecule has 0 saturated carbocycles. The largest absolute Gasteiger partial charge is 0.480 e. The Kier molecular flexibility index (Phi) is 4.92. The Morgan fingerprint density at radius 1 is 1.43 bits per heavy atom. The van der Waals surface area contributed by atoms with Crippen molar-refractivity contribution in [1.29, 1.82) is 0 Å². The summed E-state index contributed by atoms with van der Waals surface area (Å²) in [5.41, 5.74) is 0. The van der Waals surface area contributed by atoms with Gasteiger partial charge in [-0.25, -0.2) is 4.79 Å². The van der Waals surface area contributed by atoms with Crippen LogP contribution in [0.4, 0.5) is 9.80 Å². The summed E-state index contributed by atoms with van der Waals surface area (Å²) in [5, 5.41) is 5.67. The van der Waals surface area contributed by atoms with Crippen molar-refractivity contribution in [3.63, 3.8) is 0 Å². The number of nitrogens with one attached hydrogen (secondary N) is 1. The van der Waals surface area contributed by atoms with E-state index in [9.17, 15) is 4.79 Å². The van der Waals surface area contributed by atoms with Gasteiger partial charge in [-0.2, -0.15) is 4.98 Å². The Balaban J connectivity index is 1.58. The number of piperidine rings is 1. The predicted octanol–water partition coefficient (Wildman–Crippen LogP) is 2.62. The number of aromatic nitrogens is 2. The molecule has 7 nitrogen and oxygen atoms in total. The number of hydrogen-bond donors (Lipinski definition) is 1. The lowest BCUT2D eigenvalue weighted by Crippen LogP contribution is -2.46. The van der Waals surface area contributed by atoms with E-state index in [1.54, 1.807) is 11.1 Å². The van der Waals surface area contributed by atoms with Crippen LogP contribution in [0.5, 0.6) is 11.8 Å². The summed E-state index contributed by atoms with van der Waals surface area (Å²) in [6.07, 6.45) is 4.74. The van der Waals surface area contributed by atoms with Crippen molar-refractivity contribution < 1.29 is 14.3 Å². The number of carbonyl (C=O) groups excluding carboxylic acids is 1. The first-order valence-electron chi connectivity index (χ1n) is 7.37. The second-order valence-corrected chi connectivity index (χ2v) is 6.08. The van der Waals surface area contributed by atoms with Crippen molar-refractivity contribution in [3.05, 3.63) is 29.9 Å². The minimum absolute atomic E-state index is 0.0979. The van der Waals surface area contributed by atoms with Crippen LogP contribution in [-0.4, -0.2) is 47.2 Å². The van der Waals surface area contributed by atoms with Crippen LogP contribution in [0.1, 0.15) is 12.8 Å². The molecule has 8 heteroatoms. The third-order valence-electron chi connectivity index (χ3n) is 3.50. The van der Waals surface area contributed by atoms with Crippen LogP contribution in [0.3, 0.4) is 0 Å². The zero-order chi connectivity index (χ0) is 16.1. The molecular formula is C15H18N4O3S. The number of hydrogen-bond acceptors (Lipinski definition) is 6. The van der Waals surface area contributed by atoms with Gasteiger partial charge in [-0.05, 0) is 30.4 Å². The summed E-state index contributed by atoms with van der Waals surface area (Å²) in [5.74, 6) is 0.820. The Hall–Kier alpha value is -2.35. The summed E-state index contributed by atoms with van der Waals surface area (Å²) in [7, 11) is 1.53. The highest BCUT2D eigenvalue weighted by atomic mass is 32.1. The van der Waals surface area contributed by atoms with Crippen LogP contribution in [0.2, 0.25) is 0 Å². The van der Waals surface area contributed by atoms with E-state index in [0.717, 1.165) is 24.4 Å². The number of urea groups is 1. The second kappa shape index (κ2) is 7.28. The highest BCUT2D eigenvalue weighted by Gasteiger charge is 2.25. The van der Waals surface area contributed by atoms with Gasteiger partial charge in [0.2, 0.25) is 11.8 Å². The van der Waals surface area contributed by atoms with Crippen LogP contribution in [0, 0.1) is 0 Å². The summed E-state index contributed by atoms with van der Waals surface area (Å²) < 4.78 is 10.9. The Morgan fingerprint density at radius 2 is 2.30 bits per heavy atom.